The van der Waals surface area contributed by atoms with Crippen LogP contribution in [0.25, 0.3) is 4.91 Å². The van der Waals surface area contributed by atoms with Crippen LogP contribution in [0.5, 0.6) is 0 Å². The lowest BCUT2D eigenvalue weighted by Crippen LogP contribution is -2.27. The van der Waals surface area contributed by atoms with Gasteiger partial charge in [0.05, 0.1) is 17.0 Å². The van der Waals surface area contributed by atoms with E-state index in [0.29, 0.717) is 5.56 Å². The Hall–Kier alpha value is -1.67. The smallest absolute Gasteiger partial charge is 0.228 e. The molecule has 0 spiro atoms. The maximum atomic E-state index is 13.5. The zero-order chi connectivity index (χ0) is 18.6. The maximum Gasteiger partial charge on any atom is 0.228 e. The first kappa shape index (κ1) is 19.7. The van der Waals surface area contributed by atoms with Crippen LogP contribution in [-0.4, -0.2) is 43.3 Å². The third kappa shape index (κ3) is 5.67. The van der Waals surface area contributed by atoms with Gasteiger partial charge in [-0.3, -0.25) is 9.78 Å². The molecule has 0 aromatic carbocycles. The van der Waals surface area contributed by atoms with Crippen LogP contribution in [0.15, 0.2) is 35.1 Å². The first-order chi connectivity index (χ1) is 11.7. The van der Waals surface area contributed by atoms with Crippen molar-refractivity contribution >= 4 is 32.4 Å². The third-order valence-electron chi connectivity index (χ3n) is 3.78. The summed E-state index contributed by atoms with van der Waals surface area (Å²) in [6.45, 7) is 1.95. The number of carbonyl (C=O) groups is 1. The molecule has 1 aromatic heterocycles. The van der Waals surface area contributed by atoms with Crippen molar-refractivity contribution in [1.29, 1.82) is 0 Å². The number of hydrogen-bond donors (Lipinski definition) is 0. The number of halogens is 1. The minimum atomic E-state index is -3.19. The molecule has 0 saturated heterocycles. The average molecular weight is 384 g/mol. The normalized spacial score (nSPS) is 15.6. The van der Waals surface area contributed by atoms with Crippen LogP contribution in [0.3, 0.4) is 0 Å². The molecule has 0 unspecified atom stereocenters. The average Bonchev–Trinajstić information content (AvgIpc) is 2.73. The second kappa shape index (κ2) is 8.14. The first-order valence-corrected chi connectivity index (χ1v) is 10.7. The highest BCUT2D eigenvalue weighted by Crippen LogP contribution is 2.40. The van der Waals surface area contributed by atoms with Gasteiger partial charge in [-0.2, -0.15) is 0 Å². The van der Waals surface area contributed by atoms with Gasteiger partial charge in [0.1, 0.15) is 15.7 Å². The van der Waals surface area contributed by atoms with Crippen molar-refractivity contribution in [2.45, 2.75) is 26.2 Å². The summed E-state index contributed by atoms with van der Waals surface area (Å²) in [5.41, 5.74) is 1.70. The fraction of sp³-hybridized carbons (Fsp3) is 0.412. The fourth-order valence-corrected chi connectivity index (χ4v) is 4.09. The minimum Gasteiger partial charge on any atom is -0.310 e. The first-order valence-electron chi connectivity index (χ1n) is 7.80. The van der Waals surface area contributed by atoms with Gasteiger partial charge in [0.25, 0.3) is 0 Å². The molecule has 0 bridgehead atoms. The van der Waals surface area contributed by atoms with Crippen molar-refractivity contribution in [1.82, 2.24) is 9.88 Å². The van der Waals surface area contributed by atoms with Crippen LogP contribution >= 0.6 is 11.8 Å². The zero-order valence-electron chi connectivity index (χ0n) is 14.5. The quantitative estimate of drug-likeness (QED) is 0.780. The number of amides is 1. The van der Waals surface area contributed by atoms with Crippen LogP contribution in [0.4, 0.5) is 4.39 Å². The van der Waals surface area contributed by atoms with E-state index in [9.17, 15) is 17.6 Å². The van der Waals surface area contributed by atoms with Crippen molar-refractivity contribution in [2.24, 2.45) is 0 Å². The van der Waals surface area contributed by atoms with E-state index >= 15 is 0 Å². The molecule has 0 saturated carbocycles. The summed E-state index contributed by atoms with van der Waals surface area (Å²) in [7, 11) is -1.55. The van der Waals surface area contributed by atoms with Crippen LogP contribution in [0, 0.1) is 5.82 Å². The lowest BCUT2D eigenvalue weighted by atomic mass is 10.1. The fourth-order valence-electron chi connectivity index (χ4n) is 2.39. The lowest BCUT2D eigenvalue weighted by molar-refractivity contribution is -0.127. The molecule has 2 rings (SSSR count). The van der Waals surface area contributed by atoms with E-state index in [2.05, 4.69) is 4.98 Å². The molecular formula is C17H21FN2O3S2. The number of nitrogens with zero attached hydrogens (tertiary/aromatic N) is 2. The van der Waals surface area contributed by atoms with Crippen molar-refractivity contribution in [3.63, 3.8) is 0 Å². The number of sulfone groups is 1. The molecule has 1 aliphatic heterocycles. The molecule has 2 heterocycles. The number of allylic oxidation sites excluding steroid dienone is 2. The molecule has 0 atom stereocenters. The Balaban J connectivity index is 2.21. The Morgan fingerprint density at radius 1 is 1.40 bits per heavy atom. The summed E-state index contributed by atoms with van der Waals surface area (Å²) in [5, 5.41) is 0.756. The monoisotopic (exact) mass is 384 g/mol. The standard InChI is InChI=1S/C17H21FN2O3S2/c1-12-5-4-6-15(13-9-14(18)11-19-10-13)24-17(12)20(2)16(21)7-8-25(3,22)23/h6,9-11H,4-5,7-8H2,1-3H3. The topological polar surface area (TPSA) is 67.3 Å². The van der Waals surface area contributed by atoms with Gasteiger partial charge < -0.3 is 4.90 Å². The number of rotatable bonds is 5. The highest BCUT2D eigenvalue weighted by molar-refractivity contribution is 8.11. The summed E-state index contributed by atoms with van der Waals surface area (Å²) in [6, 6.07) is 1.41. The highest BCUT2D eigenvalue weighted by Gasteiger charge is 2.21. The molecular weight excluding hydrogens is 363 g/mol. The third-order valence-corrected chi connectivity index (χ3v) is 6.16. The molecule has 0 fully saturated rings. The minimum absolute atomic E-state index is 0.0623. The van der Waals surface area contributed by atoms with Crippen LogP contribution in [0.1, 0.15) is 31.7 Å². The molecule has 1 aliphatic rings. The maximum absolute atomic E-state index is 13.5. The number of pyridine rings is 1. The van der Waals surface area contributed by atoms with E-state index in [1.807, 2.05) is 13.0 Å². The van der Waals surface area contributed by atoms with Gasteiger partial charge in [0, 0.05) is 36.4 Å². The molecule has 1 amide bonds. The predicted molar refractivity (Wildman–Crippen MR) is 98.8 cm³/mol. The molecule has 25 heavy (non-hydrogen) atoms. The summed E-state index contributed by atoms with van der Waals surface area (Å²) < 4.78 is 36.0. The Bertz CT molecular complexity index is 832. The Labute approximate surface area is 151 Å². The lowest BCUT2D eigenvalue weighted by Gasteiger charge is -2.22. The Morgan fingerprint density at radius 3 is 2.76 bits per heavy atom. The second-order valence-corrected chi connectivity index (χ2v) is 9.31. The summed E-state index contributed by atoms with van der Waals surface area (Å²) in [5.74, 6) is -0.849. The van der Waals surface area contributed by atoms with Gasteiger partial charge in [-0.1, -0.05) is 17.8 Å². The van der Waals surface area contributed by atoms with E-state index in [0.717, 1.165) is 40.8 Å². The van der Waals surface area contributed by atoms with Crippen LogP contribution < -0.4 is 0 Å². The number of thioether (sulfide) groups is 1. The van der Waals surface area contributed by atoms with Crippen molar-refractivity contribution in [3.8, 4) is 0 Å². The van der Waals surface area contributed by atoms with Gasteiger partial charge >= 0.3 is 0 Å². The molecule has 0 aliphatic carbocycles. The highest BCUT2D eigenvalue weighted by atomic mass is 32.2. The van der Waals surface area contributed by atoms with Crippen molar-refractivity contribution in [3.05, 3.63) is 46.5 Å². The largest absolute Gasteiger partial charge is 0.310 e. The number of aromatic nitrogens is 1. The van der Waals surface area contributed by atoms with E-state index in [4.69, 9.17) is 0 Å². The molecule has 5 nitrogen and oxygen atoms in total. The molecule has 0 radical (unpaired) electrons. The van der Waals surface area contributed by atoms with Crippen LogP contribution in [0.2, 0.25) is 0 Å². The van der Waals surface area contributed by atoms with Gasteiger partial charge in [0.2, 0.25) is 5.91 Å². The summed E-state index contributed by atoms with van der Waals surface area (Å²) in [4.78, 5) is 18.6. The number of hydrogen-bond acceptors (Lipinski definition) is 5. The van der Waals surface area contributed by atoms with E-state index in [-0.39, 0.29) is 18.1 Å². The van der Waals surface area contributed by atoms with Gasteiger partial charge in [-0.15, -0.1) is 0 Å². The Morgan fingerprint density at radius 2 is 2.12 bits per heavy atom. The molecule has 136 valence electrons. The van der Waals surface area contributed by atoms with Gasteiger partial charge in [0.15, 0.2) is 0 Å². The van der Waals surface area contributed by atoms with Crippen molar-refractivity contribution < 1.29 is 17.6 Å². The molecule has 0 N–H and O–H groups in total. The van der Waals surface area contributed by atoms with E-state index < -0.39 is 15.7 Å². The van der Waals surface area contributed by atoms with Gasteiger partial charge in [-0.25, -0.2) is 12.8 Å². The number of carbonyl (C=O) groups excluding carboxylic acids is 1. The van der Waals surface area contributed by atoms with Crippen LogP contribution in [-0.2, 0) is 14.6 Å². The van der Waals surface area contributed by atoms with E-state index in [1.165, 1.54) is 22.7 Å². The zero-order valence-corrected chi connectivity index (χ0v) is 16.1. The Kier molecular flexibility index (Phi) is 6.40. The van der Waals surface area contributed by atoms with Gasteiger partial charge in [-0.05, 0) is 31.4 Å². The SMILES string of the molecule is CC1=C(N(C)C(=O)CCS(C)(=O)=O)SC(c2cncc(F)c2)=CCC1. The summed E-state index contributed by atoms with van der Waals surface area (Å²) in [6.07, 6.45) is 7.35. The summed E-state index contributed by atoms with van der Waals surface area (Å²) >= 11 is 1.38. The van der Waals surface area contributed by atoms with E-state index in [1.54, 1.807) is 13.2 Å². The van der Waals surface area contributed by atoms with Crippen molar-refractivity contribution in [2.75, 3.05) is 19.1 Å². The molecule has 1 aromatic rings. The predicted octanol–water partition coefficient (Wildman–Crippen LogP) is 3.21. The molecule has 8 heteroatoms. The second-order valence-electron chi connectivity index (χ2n) is 6.02.